The summed E-state index contributed by atoms with van der Waals surface area (Å²) in [6.45, 7) is 1.77. The summed E-state index contributed by atoms with van der Waals surface area (Å²) >= 11 is 1.17. The average Bonchev–Trinajstić information content (AvgIpc) is 2.48. The molecular weight excluding hydrogens is 303 g/mol. The highest BCUT2D eigenvalue weighted by atomic mass is 32.2. The maximum absolute atomic E-state index is 13.8. The Labute approximate surface area is 131 Å². The lowest BCUT2D eigenvalue weighted by Crippen LogP contribution is -2.16. The fourth-order valence-corrected chi connectivity index (χ4v) is 2.63. The van der Waals surface area contributed by atoms with Crippen molar-refractivity contribution >= 4 is 29.3 Å². The third-order valence-corrected chi connectivity index (χ3v) is 3.97. The zero-order valence-electron chi connectivity index (χ0n) is 11.9. The van der Waals surface area contributed by atoms with Crippen LogP contribution in [-0.4, -0.2) is 17.6 Å². The molecule has 114 valence electrons. The first kappa shape index (κ1) is 16.0. The molecule has 2 rings (SSSR count). The molecule has 4 nitrogen and oxygen atoms in total. The van der Waals surface area contributed by atoms with Gasteiger partial charge in [-0.2, -0.15) is 0 Å². The number of anilines is 1. The molecule has 0 saturated heterocycles. The monoisotopic (exact) mass is 318 g/mol. The minimum Gasteiger partial charge on any atom is -0.369 e. The van der Waals surface area contributed by atoms with Gasteiger partial charge in [-0.15, -0.1) is 11.8 Å². The Balaban J connectivity index is 2.20. The maximum atomic E-state index is 13.8. The number of nitrogens with two attached hydrogens (primary N) is 1. The third-order valence-electron chi connectivity index (χ3n) is 2.87. The van der Waals surface area contributed by atoms with Crippen molar-refractivity contribution in [3.05, 3.63) is 59.4 Å². The van der Waals surface area contributed by atoms with E-state index in [4.69, 9.17) is 5.73 Å². The third kappa shape index (κ3) is 4.08. The van der Waals surface area contributed by atoms with E-state index in [1.54, 1.807) is 37.3 Å². The smallest absolute Gasteiger partial charge is 0.256 e. The van der Waals surface area contributed by atoms with Gasteiger partial charge in [0.25, 0.3) is 5.91 Å². The number of hydrogen-bond acceptors (Lipinski definition) is 3. The van der Waals surface area contributed by atoms with E-state index >= 15 is 0 Å². The molecule has 0 aromatic heterocycles. The molecule has 22 heavy (non-hydrogen) atoms. The molecule has 0 aliphatic carbocycles. The summed E-state index contributed by atoms with van der Waals surface area (Å²) in [5.74, 6) is -1.32. The molecule has 0 fully saturated rings. The van der Waals surface area contributed by atoms with Crippen molar-refractivity contribution in [2.45, 2.75) is 11.8 Å². The lowest BCUT2D eigenvalue weighted by Gasteiger charge is -2.10. The van der Waals surface area contributed by atoms with Crippen LogP contribution >= 0.6 is 11.8 Å². The number of thioether (sulfide) groups is 1. The van der Waals surface area contributed by atoms with Crippen LogP contribution in [0.25, 0.3) is 0 Å². The predicted octanol–water partition coefficient (Wildman–Crippen LogP) is 2.96. The van der Waals surface area contributed by atoms with Crippen molar-refractivity contribution in [3.8, 4) is 0 Å². The molecule has 0 unspecified atom stereocenters. The van der Waals surface area contributed by atoms with Gasteiger partial charge in [0.2, 0.25) is 5.91 Å². The fraction of sp³-hybridized carbons (Fsp3) is 0.125. The molecule has 2 amide bonds. The Morgan fingerprint density at radius 1 is 1.23 bits per heavy atom. The summed E-state index contributed by atoms with van der Waals surface area (Å²) in [4.78, 5) is 23.8. The molecule has 0 spiro atoms. The van der Waals surface area contributed by atoms with Gasteiger partial charge < -0.3 is 11.1 Å². The first-order chi connectivity index (χ1) is 10.5. The second-order valence-corrected chi connectivity index (χ2v) is 5.71. The van der Waals surface area contributed by atoms with E-state index in [0.717, 1.165) is 5.56 Å². The molecule has 3 N–H and O–H groups in total. The summed E-state index contributed by atoms with van der Waals surface area (Å²) in [6.07, 6.45) is 0. The van der Waals surface area contributed by atoms with E-state index in [9.17, 15) is 14.0 Å². The van der Waals surface area contributed by atoms with Gasteiger partial charge in [0.1, 0.15) is 5.82 Å². The van der Waals surface area contributed by atoms with Crippen LogP contribution in [-0.2, 0) is 4.79 Å². The Kier molecular flexibility index (Phi) is 5.16. The van der Waals surface area contributed by atoms with Crippen molar-refractivity contribution in [1.29, 1.82) is 0 Å². The number of rotatable bonds is 5. The number of primary amides is 1. The first-order valence-electron chi connectivity index (χ1n) is 6.55. The van der Waals surface area contributed by atoms with E-state index < -0.39 is 17.6 Å². The van der Waals surface area contributed by atoms with E-state index in [0.29, 0.717) is 10.5 Å². The Bertz CT molecular complexity index is 719. The number of halogens is 1. The minimum absolute atomic E-state index is 0.0726. The number of benzene rings is 2. The summed E-state index contributed by atoms with van der Waals surface area (Å²) in [6, 6.07) is 11.4. The molecular formula is C16H15FN2O2S. The zero-order valence-corrected chi connectivity index (χ0v) is 12.7. The van der Waals surface area contributed by atoms with Gasteiger partial charge in [-0.25, -0.2) is 4.39 Å². The Morgan fingerprint density at radius 3 is 2.64 bits per heavy atom. The zero-order chi connectivity index (χ0) is 16.1. The number of amides is 2. The quantitative estimate of drug-likeness (QED) is 0.833. The van der Waals surface area contributed by atoms with Crippen molar-refractivity contribution in [1.82, 2.24) is 0 Å². The molecule has 0 saturated carbocycles. The van der Waals surface area contributed by atoms with Crippen LogP contribution in [0.5, 0.6) is 0 Å². The molecule has 0 aliphatic rings. The number of hydrogen-bond donors (Lipinski definition) is 2. The van der Waals surface area contributed by atoms with E-state index in [-0.39, 0.29) is 11.4 Å². The van der Waals surface area contributed by atoms with Crippen LogP contribution in [0.3, 0.4) is 0 Å². The molecule has 0 radical (unpaired) electrons. The van der Waals surface area contributed by atoms with E-state index in [1.165, 1.54) is 23.9 Å². The number of nitrogens with one attached hydrogen (secondary N) is 1. The number of carbonyl (C=O) groups excluding carboxylic acids is 2. The Hall–Kier alpha value is -2.34. The van der Waals surface area contributed by atoms with Gasteiger partial charge >= 0.3 is 0 Å². The highest BCUT2D eigenvalue weighted by molar-refractivity contribution is 8.00. The standard InChI is InChI=1S/C16H15FN2O2S/c1-10-6-7-13(12(17)8-10)19-16(21)11-4-2-3-5-14(11)22-9-15(18)20/h2-8H,9H2,1H3,(H2,18,20)(H,19,21). The van der Waals surface area contributed by atoms with Crippen molar-refractivity contribution < 1.29 is 14.0 Å². The van der Waals surface area contributed by atoms with Crippen molar-refractivity contribution in [2.24, 2.45) is 5.73 Å². The van der Waals surface area contributed by atoms with Crippen LogP contribution < -0.4 is 11.1 Å². The molecule has 0 atom stereocenters. The maximum Gasteiger partial charge on any atom is 0.256 e. The van der Waals surface area contributed by atoms with Crippen LogP contribution in [0.15, 0.2) is 47.4 Å². The van der Waals surface area contributed by atoms with Gasteiger partial charge in [-0.3, -0.25) is 9.59 Å². The second-order valence-electron chi connectivity index (χ2n) is 4.69. The van der Waals surface area contributed by atoms with E-state index in [2.05, 4.69) is 5.32 Å². The lowest BCUT2D eigenvalue weighted by atomic mass is 10.2. The van der Waals surface area contributed by atoms with Crippen LogP contribution in [0.2, 0.25) is 0 Å². The van der Waals surface area contributed by atoms with Gasteiger partial charge in [-0.1, -0.05) is 18.2 Å². The summed E-state index contributed by atoms with van der Waals surface area (Å²) in [5, 5.41) is 2.54. The normalized spacial score (nSPS) is 10.3. The average molecular weight is 318 g/mol. The van der Waals surface area contributed by atoms with Gasteiger partial charge in [0.15, 0.2) is 0 Å². The molecule has 6 heteroatoms. The fourth-order valence-electron chi connectivity index (χ4n) is 1.84. The van der Waals surface area contributed by atoms with Gasteiger partial charge in [-0.05, 0) is 36.8 Å². The number of aryl methyl sites for hydroxylation is 1. The lowest BCUT2D eigenvalue weighted by molar-refractivity contribution is -0.115. The second kappa shape index (κ2) is 7.09. The van der Waals surface area contributed by atoms with Gasteiger partial charge in [0, 0.05) is 4.90 Å². The van der Waals surface area contributed by atoms with E-state index in [1.807, 2.05) is 0 Å². The van der Waals surface area contributed by atoms with Crippen LogP contribution in [0, 0.1) is 12.7 Å². The molecule has 2 aromatic carbocycles. The highest BCUT2D eigenvalue weighted by Gasteiger charge is 2.14. The summed E-state index contributed by atoms with van der Waals surface area (Å²) in [7, 11) is 0. The minimum atomic E-state index is -0.490. The summed E-state index contributed by atoms with van der Waals surface area (Å²) in [5.41, 5.74) is 6.37. The molecule has 0 heterocycles. The molecule has 0 aliphatic heterocycles. The first-order valence-corrected chi connectivity index (χ1v) is 7.53. The highest BCUT2D eigenvalue weighted by Crippen LogP contribution is 2.24. The predicted molar refractivity (Wildman–Crippen MR) is 85.5 cm³/mol. The SMILES string of the molecule is Cc1ccc(NC(=O)c2ccccc2SCC(N)=O)c(F)c1. The van der Waals surface area contributed by atoms with Crippen molar-refractivity contribution in [3.63, 3.8) is 0 Å². The largest absolute Gasteiger partial charge is 0.369 e. The number of carbonyl (C=O) groups is 2. The van der Waals surface area contributed by atoms with Crippen LogP contribution in [0.4, 0.5) is 10.1 Å². The topological polar surface area (TPSA) is 72.2 Å². The molecule has 2 aromatic rings. The van der Waals surface area contributed by atoms with Crippen molar-refractivity contribution in [2.75, 3.05) is 11.1 Å². The Morgan fingerprint density at radius 2 is 1.95 bits per heavy atom. The molecule has 0 bridgehead atoms. The van der Waals surface area contributed by atoms with Crippen LogP contribution in [0.1, 0.15) is 15.9 Å². The van der Waals surface area contributed by atoms with Gasteiger partial charge in [0.05, 0.1) is 17.0 Å². The summed E-state index contributed by atoms with van der Waals surface area (Å²) < 4.78 is 13.8.